The number of methoxy groups -OCH3 is 2. The van der Waals surface area contributed by atoms with Gasteiger partial charge in [0.2, 0.25) is 0 Å². The molecular formula is C16H25Cl3N4O2S. The van der Waals surface area contributed by atoms with Crippen LogP contribution in [0.5, 0.6) is 0 Å². The van der Waals surface area contributed by atoms with Gasteiger partial charge in [-0.25, -0.2) is 4.98 Å². The topological polar surface area (TPSA) is 62.4 Å². The van der Waals surface area contributed by atoms with E-state index in [0.717, 1.165) is 58.8 Å². The molecule has 1 aromatic heterocycles. The summed E-state index contributed by atoms with van der Waals surface area (Å²) in [5.41, 5.74) is 2.96. The molecule has 0 aliphatic carbocycles. The zero-order valence-corrected chi connectivity index (χ0v) is 18.0. The smallest absolute Gasteiger partial charge is 0.166 e. The number of benzene rings is 1. The third-order valence-electron chi connectivity index (χ3n) is 4.08. The molecule has 1 unspecified atom stereocenters. The third kappa shape index (κ3) is 5.79. The number of halogens is 3. The van der Waals surface area contributed by atoms with Crippen LogP contribution in [-0.4, -0.2) is 68.8 Å². The maximum absolute atomic E-state index is 6.48. The zero-order chi connectivity index (χ0) is 16.9. The highest BCUT2D eigenvalue weighted by atomic mass is 35.5. The van der Waals surface area contributed by atoms with E-state index in [1.807, 2.05) is 6.07 Å². The quantitative estimate of drug-likeness (QED) is 0.641. The minimum Gasteiger partial charge on any atom is -0.382 e. The molecule has 10 heteroatoms. The molecule has 0 spiro atoms. The summed E-state index contributed by atoms with van der Waals surface area (Å²) in [6, 6.07) is 4.04. The van der Waals surface area contributed by atoms with Gasteiger partial charge in [-0.2, -0.15) is 0 Å². The highest BCUT2D eigenvalue weighted by Gasteiger charge is 2.16. The van der Waals surface area contributed by atoms with Crippen molar-refractivity contribution < 1.29 is 9.47 Å². The Hall–Kier alpha value is -0.410. The monoisotopic (exact) mass is 442 g/mol. The number of thioether (sulfide) groups is 1. The van der Waals surface area contributed by atoms with Crippen LogP contribution in [0.4, 0.5) is 5.69 Å². The van der Waals surface area contributed by atoms with E-state index in [0.29, 0.717) is 6.61 Å². The van der Waals surface area contributed by atoms with Crippen LogP contribution in [0.1, 0.15) is 0 Å². The first-order valence-electron chi connectivity index (χ1n) is 8.00. The van der Waals surface area contributed by atoms with Crippen LogP contribution < -0.4 is 10.2 Å². The van der Waals surface area contributed by atoms with Gasteiger partial charge in [0, 0.05) is 46.2 Å². The lowest BCUT2D eigenvalue weighted by Crippen LogP contribution is -2.43. The molecule has 148 valence electrons. The second kappa shape index (κ2) is 11.4. The summed E-state index contributed by atoms with van der Waals surface area (Å²) in [6.45, 7) is 4.46. The predicted molar refractivity (Wildman–Crippen MR) is 114 cm³/mol. The van der Waals surface area contributed by atoms with Crippen molar-refractivity contribution in [1.82, 2.24) is 15.3 Å². The highest BCUT2D eigenvalue weighted by Crippen LogP contribution is 2.31. The van der Waals surface area contributed by atoms with Crippen LogP contribution in [0.25, 0.3) is 11.0 Å². The van der Waals surface area contributed by atoms with Gasteiger partial charge in [-0.1, -0.05) is 23.4 Å². The molecule has 0 saturated carbocycles. The molecule has 26 heavy (non-hydrogen) atoms. The Bertz CT molecular complexity index is 683. The van der Waals surface area contributed by atoms with Gasteiger partial charge in [-0.15, -0.1) is 24.8 Å². The van der Waals surface area contributed by atoms with Gasteiger partial charge in [-0.05, 0) is 12.1 Å². The Morgan fingerprint density at radius 2 is 2.00 bits per heavy atom. The van der Waals surface area contributed by atoms with E-state index in [4.69, 9.17) is 21.1 Å². The van der Waals surface area contributed by atoms with E-state index in [2.05, 4.69) is 26.3 Å². The highest BCUT2D eigenvalue weighted by molar-refractivity contribution is 7.99. The average Bonchev–Trinajstić information content (AvgIpc) is 3.00. The summed E-state index contributed by atoms with van der Waals surface area (Å²) < 4.78 is 10.5. The first kappa shape index (κ1) is 23.6. The number of nitrogens with zero attached hydrogens (tertiary/aromatic N) is 2. The molecule has 6 nitrogen and oxygen atoms in total. The van der Waals surface area contributed by atoms with Crippen LogP contribution in [0.15, 0.2) is 17.3 Å². The number of fused-ring (bicyclic) bond motifs is 1. The van der Waals surface area contributed by atoms with Gasteiger partial charge in [0.05, 0.1) is 34.5 Å². The van der Waals surface area contributed by atoms with Crippen molar-refractivity contribution in [2.75, 3.05) is 57.7 Å². The van der Waals surface area contributed by atoms with E-state index in [1.165, 1.54) is 0 Å². The minimum absolute atomic E-state index is 0. The Morgan fingerprint density at radius 1 is 1.27 bits per heavy atom. The molecule has 1 aliphatic heterocycles. The Balaban J connectivity index is 0.00000169. The third-order valence-corrected chi connectivity index (χ3v) is 5.39. The van der Waals surface area contributed by atoms with Crippen LogP contribution >= 0.6 is 48.2 Å². The van der Waals surface area contributed by atoms with Crippen molar-refractivity contribution in [3.63, 3.8) is 0 Å². The van der Waals surface area contributed by atoms with Gasteiger partial charge in [0.25, 0.3) is 0 Å². The van der Waals surface area contributed by atoms with Crippen molar-refractivity contribution in [2.45, 2.75) is 11.3 Å². The van der Waals surface area contributed by atoms with Crippen LogP contribution in [0.3, 0.4) is 0 Å². The Morgan fingerprint density at radius 3 is 2.65 bits per heavy atom. The largest absolute Gasteiger partial charge is 0.382 e. The number of imidazole rings is 1. The molecule has 1 saturated heterocycles. The lowest BCUT2D eigenvalue weighted by molar-refractivity contribution is 0.0430. The van der Waals surface area contributed by atoms with Crippen LogP contribution in [-0.2, 0) is 9.47 Å². The van der Waals surface area contributed by atoms with Crippen LogP contribution in [0.2, 0.25) is 5.02 Å². The lowest BCUT2D eigenvalue weighted by atomic mass is 10.2. The van der Waals surface area contributed by atoms with Gasteiger partial charge >= 0.3 is 0 Å². The standard InChI is InChI=1S/C16H23ClN4O2S.2ClH/c1-22-9-11(23-2)10-24-16-19-13-7-12(17)15(8-14(13)20-16)21-5-3-18-4-6-21;;/h7-8,11,18H,3-6,9-10H2,1-2H3,(H,19,20);2*1H. The summed E-state index contributed by atoms with van der Waals surface area (Å²) in [6.07, 6.45) is 0.0493. The molecule has 1 fully saturated rings. The molecule has 1 aliphatic rings. The van der Waals surface area contributed by atoms with Gasteiger partial charge < -0.3 is 24.7 Å². The molecule has 1 aromatic carbocycles. The number of aromatic nitrogens is 2. The Labute approximate surface area is 175 Å². The molecule has 2 aromatic rings. The lowest BCUT2D eigenvalue weighted by Gasteiger charge is -2.30. The van der Waals surface area contributed by atoms with Gasteiger partial charge in [0.1, 0.15) is 0 Å². The van der Waals surface area contributed by atoms with Crippen molar-refractivity contribution >= 4 is 64.9 Å². The van der Waals surface area contributed by atoms with Crippen molar-refractivity contribution in [1.29, 1.82) is 0 Å². The van der Waals surface area contributed by atoms with E-state index >= 15 is 0 Å². The second-order valence-corrected chi connectivity index (χ2v) is 7.14. The van der Waals surface area contributed by atoms with Gasteiger partial charge in [-0.3, -0.25) is 0 Å². The van der Waals surface area contributed by atoms with Crippen molar-refractivity contribution in [3.8, 4) is 0 Å². The molecule has 2 N–H and O–H groups in total. The summed E-state index contributed by atoms with van der Waals surface area (Å²) >= 11 is 8.11. The number of H-pyrrole nitrogens is 1. The average molecular weight is 444 g/mol. The molecule has 1 atom stereocenters. The number of aromatic amines is 1. The fourth-order valence-electron chi connectivity index (χ4n) is 2.75. The molecule has 3 rings (SSSR count). The van der Waals surface area contributed by atoms with Crippen LogP contribution in [0, 0.1) is 0 Å². The molecule has 0 amide bonds. The fourth-order valence-corrected chi connectivity index (χ4v) is 3.96. The predicted octanol–water partition coefficient (Wildman–Crippen LogP) is 3.22. The summed E-state index contributed by atoms with van der Waals surface area (Å²) in [5, 5.41) is 4.99. The number of hydrogen-bond acceptors (Lipinski definition) is 6. The number of ether oxygens (including phenoxy) is 2. The summed E-state index contributed by atoms with van der Waals surface area (Å²) in [5.74, 6) is 0.780. The maximum Gasteiger partial charge on any atom is 0.166 e. The van der Waals surface area contributed by atoms with E-state index in [-0.39, 0.29) is 30.9 Å². The molecule has 2 heterocycles. The summed E-state index contributed by atoms with van der Waals surface area (Å²) in [4.78, 5) is 10.3. The molecular weight excluding hydrogens is 419 g/mol. The molecule has 0 bridgehead atoms. The number of anilines is 1. The fraction of sp³-hybridized carbons (Fsp3) is 0.562. The number of piperazine rings is 1. The summed E-state index contributed by atoms with van der Waals surface area (Å²) in [7, 11) is 3.37. The SMILES string of the molecule is COCC(CSc1nc2cc(N3CCNCC3)c(Cl)cc2[nH]1)OC.Cl.Cl. The first-order valence-corrected chi connectivity index (χ1v) is 9.37. The number of rotatable bonds is 7. The zero-order valence-electron chi connectivity index (χ0n) is 14.8. The van der Waals surface area contributed by atoms with Gasteiger partial charge in [0.15, 0.2) is 5.16 Å². The van der Waals surface area contributed by atoms with Crippen molar-refractivity contribution in [2.24, 2.45) is 0 Å². The Kier molecular flexibility index (Phi) is 10.4. The number of nitrogens with one attached hydrogen (secondary N) is 2. The van der Waals surface area contributed by atoms with E-state index in [1.54, 1.807) is 26.0 Å². The van der Waals surface area contributed by atoms with Crippen molar-refractivity contribution in [3.05, 3.63) is 17.2 Å². The molecule has 0 radical (unpaired) electrons. The second-order valence-electron chi connectivity index (χ2n) is 5.72. The maximum atomic E-state index is 6.48. The van der Waals surface area contributed by atoms with E-state index < -0.39 is 0 Å². The normalized spacial score (nSPS) is 15.4. The first-order chi connectivity index (χ1) is 11.7. The number of hydrogen-bond donors (Lipinski definition) is 2. The van der Waals surface area contributed by atoms with E-state index in [9.17, 15) is 0 Å². The minimum atomic E-state index is 0.